The van der Waals surface area contributed by atoms with E-state index in [1.807, 2.05) is 6.92 Å². The number of nitrogens with one attached hydrogen (secondary N) is 2. The molecule has 12 heavy (non-hydrogen) atoms. The molecule has 0 aromatic rings. The minimum absolute atomic E-state index is 0.228. The summed E-state index contributed by atoms with van der Waals surface area (Å²) in [4.78, 5) is 0. The monoisotopic (exact) mass is 174 g/mol. The third kappa shape index (κ3) is 7.94. The molecule has 0 aliphatic rings. The Morgan fingerprint density at radius 2 is 1.92 bits per heavy atom. The van der Waals surface area contributed by atoms with Crippen LogP contribution in [-0.2, 0) is 0 Å². The van der Waals surface area contributed by atoms with Gasteiger partial charge in [-0.3, -0.25) is 0 Å². The summed E-state index contributed by atoms with van der Waals surface area (Å²) in [5.41, 5.74) is 10.9. The van der Waals surface area contributed by atoms with Crippen molar-refractivity contribution < 1.29 is 0 Å². The highest BCUT2D eigenvalue weighted by Gasteiger charge is 1.99. The maximum atomic E-state index is 5.58. The van der Waals surface area contributed by atoms with Crippen LogP contribution in [0.2, 0.25) is 0 Å². The fourth-order valence-electron chi connectivity index (χ4n) is 0.929. The number of nitrogens with two attached hydrogens (primary N) is 2. The Kier molecular flexibility index (Phi) is 7.39. The quantitative estimate of drug-likeness (QED) is 0.393. The molecular formula is C8H22N4. The molecule has 0 aliphatic carbocycles. The highest BCUT2D eigenvalue weighted by atomic mass is 15.0. The van der Waals surface area contributed by atoms with Gasteiger partial charge in [-0.2, -0.15) is 0 Å². The molecule has 0 spiro atoms. The molecule has 2 atom stereocenters. The molecule has 4 heteroatoms. The van der Waals surface area contributed by atoms with Gasteiger partial charge >= 0.3 is 0 Å². The lowest BCUT2D eigenvalue weighted by Crippen LogP contribution is -2.41. The maximum absolute atomic E-state index is 5.58. The second-order valence-corrected chi connectivity index (χ2v) is 3.28. The van der Waals surface area contributed by atoms with Gasteiger partial charge in [-0.1, -0.05) is 0 Å². The number of hydrogen-bond donors (Lipinski definition) is 4. The molecule has 0 heterocycles. The highest BCUT2D eigenvalue weighted by Crippen LogP contribution is 1.77. The van der Waals surface area contributed by atoms with Crippen molar-refractivity contribution in [2.24, 2.45) is 11.5 Å². The third-order valence-electron chi connectivity index (χ3n) is 1.55. The zero-order chi connectivity index (χ0) is 9.40. The van der Waals surface area contributed by atoms with E-state index in [1.165, 1.54) is 0 Å². The van der Waals surface area contributed by atoms with E-state index in [9.17, 15) is 0 Å². The minimum Gasteiger partial charge on any atom is -0.329 e. The second-order valence-electron chi connectivity index (χ2n) is 3.28. The van der Waals surface area contributed by atoms with Crippen molar-refractivity contribution in [3.05, 3.63) is 0 Å². The summed E-state index contributed by atoms with van der Waals surface area (Å²) >= 11 is 0. The molecule has 0 amide bonds. The molecule has 0 bridgehead atoms. The predicted molar refractivity (Wildman–Crippen MR) is 53.0 cm³/mol. The Balaban J connectivity index is 3.13. The summed E-state index contributed by atoms with van der Waals surface area (Å²) < 4.78 is 0. The van der Waals surface area contributed by atoms with Gasteiger partial charge in [0.2, 0.25) is 0 Å². The van der Waals surface area contributed by atoms with Crippen LogP contribution in [0, 0.1) is 0 Å². The van der Waals surface area contributed by atoms with Gasteiger partial charge in [0.25, 0.3) is 0 Å². The molecule has 6 N–H and O–H groups in total. The van der Waals surface area contributed by atoms with Crippen LogP contribution in [0.5, 0.6) is 0 Å². The zero-order valence-electron chi connectivity index (χ0n) is 8.14. The maximum Gasteiger partial charge on any atom is 0.0164 e. The first-order valence-electron chi connectivity index (χ1n) is 4.56. The highest BCUT2D eigenvalue weighted by molar-refractivity contribution is 4.66. The molecule has 74 valence electrons. The summed E-state index contributed by atoms with van der Waals surface area (Å²) in [6.07, 6.45) is 0. The Morgan fingerprint density at radius 3 is 2.42 bits per heavy atom. The van der Waals surface area contributed by atoms with Gasteiger partial charge in [0.1, 0.15) is 0 Å². The largest absolute Gasteiger partial charge is 0.329 e. The van der Waals surface area contributed by atoms with Crippen LogP contribution in [0.3, 0.4) is 0 Å². The topological polar surface area (TPSA) is 76.1 Å². The van der Waals surface area contributed by atoms with Crippen molar-refractivity contribution in [2.75, 3.05) is 26.2 Å². The molecule has 4 nitrogen and oxygen atoms in total. The van der Waals surface area contributed by atoms with Crippen molar-refractivity contribution in [2.45, 2.75) is 25.9 Å². The summed E-state index contributed by atoms with van der Waals surface area (Å²) in [5, 5.41) is 6.54. The average Bonchev–Trinajstić information content (AvgIpc) is 2.00. The molecule has 0 radical (unpaired) electrons. The first-order valence-corrected chi connectivity index (χ1v) is 4.56. The van der Waals surface area contributed by atoms with Crippen LogP contribution >= 0.6 is 0 Å². The Labute approximate surface area is 75.1 Å². The average molecular weight is 174 g/mol. The lowest BCUT2D eigenvalue weighted by molar-refractivity contribution is 0.495. The van der Waals surface area contributed by atoms with E-state index in [2.05, 4.69) is 17.6 Å². The van der Waals surface area contributed by atoms with Crippen LogP contribution in [0.1, 0.15) is 13.8 Å². The molecule has 2 unspecified atom stereocenters. The Hall–Kier alpha value is -0.160. The van der Waals surface area contributed by atoms with E-state index in [1.54, 1.807) is 0 Å². The Morgan fingerprint density at radius 1 is 1.25 bits per heavy atom. The van der Waals surface area contributed by atoms with E-state index >= 15 is 0 Å². The third-order valence-corrected chi connectivity index (χ3v) is 1.55. The number of hydrogen-bond acceptors (Lipinski definition) is 4. The predicted octanol–water partition coefficient (Wildman–Crippen LogP) is -1.14. The summed E-state index contributed by atoms with van der Waals surface area (Å²) in [6.45, 7) is 7.50. The fourth-order valence-corrected chi connectivity index (χ4v) is 0.929. The minimum atomic E-state index is 0.228. The molecule has 0 saturated heterocycles. The molecule has 0 saturated carbocycles. The van der Waals surface area contributed by atoms with Crippen molar-refractivity contribution in [3.63, 3.8) is 0 Å². The van der Waals surface area contributed by atoms with Crippen LogP contribution in [0.4, 0.5) is 0 Å². The first-order chi connectivity index (χ1) is 5.66. The van der Waals surface area contributed by atoms with Crippen molar-refractivity contribution in [1.29, 1.82) is 0 Å². The summed E-state index contributed by atoms with van der Waals surface area (Å²) in [6, 6.07) is 0.694. The van der Waals surface area contributed by atoms with Gasteiger partial charge in [-0.25, -0.2) is 0 Å². The molecule has 0 aliphatic heterocycles. The van der Waals surface area contributed by atoms with Gasteiger partial charge in [0.05, 0.1) is 0 Å². The SMILES string of the molecule is CC(N)CNCC(C)NCCN. The number of rotatable bonds is 7. The van der Waals surface area contributed by atoms with Gasteiger partial charge in [-0.15, -0.1) is 0 Å². The van der Waals surface area contributed by atoms with Crippen LogP contribution in [0.15, 0.2) is 0 Å². The summed E-state index contributed by atoms with van der Waals surface area (Å²) in [7, 11) is 0. The van der Waals surface area contributed by atoms with Gasteiger partial charge in [0, 0.05) is 38.3 Å². The fraction of sp³-hybridized carbons (Fsp3) is 1.00. The molecule has 0 fully saturated rings. The van der Waals surface area contributed by atoms with Crippen molar-refractivity contribution in [3.8, 4) is 0 Å². The zero-order valence-corrected chi connectivity index (χ0v) is 8.14. The lowest BCUT2D eigenvalue weighted by atomic mass is 10.3. The van der Waals surface area contributed by atoms with E-state index in [0.717, 1.165) is 19.6 Å². The van der Waals surface area contributed by atoms with Crippen molar-refractivity contribution >= 4 is 0 Å². The lowest BCUT2D eigenvalue weighted by Gasteiger charge is -2.14. The van der Waals surface area contributed by atoms with Gasteiger partial charge in [0.15, 0.2) is 0 Å². The molecular weight excluding hydrogens is 152 g/mol. The summed E-state index contributed by atoms with van der Waals surface area (Å²) in [5.74, 6) is 0. The van der Waals surface area contributed by atoms with Crippen LogP contribution < -0.4 is 22.1 Å². The van der Waals surface area contributed by atoms with Gasteiger partial charge in [-0.05, 0) is 13.8 Å². The van der Waals surface area contributed by atoms with E-state index in [4.69, 9.17) is 11.5 Å². The smallest absolute Gasteiger partial charge is 0.0164 e. The molecule has 0 aromatic carbocycles. The van der Waals surface area contributed by atoms with E-state index < -0.39 is 0 Å². The van der Waals surface area contributed by atoms with Crippen LogP contribution in [0.25, 0.3) is 0 Å². The van der Waals surface area contributed by atoms with Crippen molar-refractivity contribution in [1.82, 2.24) is 10.6 Å². The first kappa shape index (κ1) is 11.8. The molecule has 0 rings (SSSR count). The van der Waals surface area contributed by atoms with Crippen LogP contribution in [-0.4, -0.2) is 38.3 Å². The standard InChI is InChI=1S/C8H22N4/c1-7(10)5-11-6-8(2)12-4-3-9/h7-8,11-12H,3-6,9-10H2,1-2H3. The second kappa shape index (κ2) is 7.49. The van der Waals surface area contributed by atoms with Gasteiger partial charge < -0.3 is 22.1 Å². The Bertz CT molecular complexity index is 95.1. The normalized spacial score (nSPS) is 16.0. The molecule has 0 aromatic heterocycles. The van der Waals surface area contributed by atoms with E-state index in [-0.39, 0.29) is 6.04 Å². The van der Waals surface area contributed by atoms with E-state index in [0.29, 0.717) is 12.6 Å².